The Bertz CT molecular complexity index is 986. The quantitative estimate of drug-likeness (QED) is 0.428. The van der Waals surface area contributed by atoms with Gasteiger partial charge < -0.3 is 0 Å². The molecule has 3 aromatic rings. The molecule has 1 heterocycles. The molecule has 3 aromatic carbocycles. The largest absolute Gasteiger partial charge is 0.298 e. The van der Waals surface area contributed by atoms with Crippen LogP contribution in [-0.4, -0.2) is 24.5 Å². The van der Waals surface area contributed by atoms with Crippen molar-refractivity contribution in [3.63, 3.8) is 0 Å². The Labute approximate surface area is 183 Å². The second kappa shape index (κ2) is 9.11. The molecule has 0 amide bonds. The van der Waals surface area contributed by atoms with Crippen LogP contribution in [0.25, 0.3) is 6.08 Å². The summed E-state index contributed by atoms with van der Waals surface area (Å²) in [7, 11) is 0. The van der Waals surface area contributed by atoms with E-state index in [2.05, 4.69) is 114 Å². The Morgan fingerprint density at radius 1 is 0.931 bits per heavy atom. The minimum atomic E-state index is 0.410. The molecule has 0 saturated heterocycles. The van der Waals surface area contributed by atoms with E-state index in [1.165, 1.54) is 33.4 Å². The molecule has 0 spiro atoms. The van der Waals surface area contributed by atoms with Crippen molar-refractivity contribution < 1.29 is 0 Å². The highest BCUT2D eigenvalue weighted by atomic mass is 79.9. The van der Waals surface area contributed by atoms with Gasteiger partial charge in [-0.1, -0.05) is 93.8 Å². The molecule has 4 rings (SSSR count). The molecular weight excluding hydrogens is 418 g/mol. The molecule has 2 heteroatoms. The number of aryl methyl sites for hydroxylation is 2. The SMILES string of the molecule is Cc1ccc(/C=C/CN2CCc3ccc(C)cc3C(c3ccc(Br)cc3)C2)cc1. The summed E-state index contributed by atoms with van der Waals surface area (Å²) in [5.74, 6) is 0.410. The maximum atomic E-state index is 3.58. The van der Waals surface area contributed by atoms with Gasteiger partial charge in [0.05, 0.1) is 0 Å². The minimum absolute atomic E-state index is 0.410. The summed E-state index contributed by atoms with van der Waals surface area (Å²) in [5.41, 5.74) is 8.31. The van der Waals surface area contributed by atoms with Crippen LogP contribution in [0.1, 0.15) is 39.3 Å². The molecule has 29 heavy (non-hydrogen) atoms. The predicted molar refractivity (Wildman–Crippen MR) is 128 cm³/mol. The Kier molecular flexibility index (Phi) is 6.32. The van der Waals surface area contributed by atoms with Gasteiger partial charge in [0.15, 0.2) is 0 Å². The van der Waals surface area contributed by atoms with Crippen LogP contribution >= 0.6 is 15.9 Å². The first-order valence-electron chi connectivity index (χ1n) is 10.4. The minimum Gasteiger partial charge on any atom is -0.298 e. The lowest BCUT2D eigenvalue weighted by molar-refractivity contribution is 0.306. The lowest BCUT2D eigenvalue weighted by Gasteiger charge is -2.24. The summed E-state index contributed by atoms with van der Waals surface area (Å²) in [5, 5.41) is 0. The van der Waals surface area contributed by atoms with Crippen molar-refractivity contribution in [2.75, 3.05) is 19.6 Å². The van der Waals surface area contributed by atoms with E-state index in [4.69, 9.17) is 0 Å². The lowest BCUT2D eigenvalue weighted by atomic mass is 9.87. The van der Waals surface area contributed by atoms with Crippen LogP contribution in [0.4, 0.5) is 0 Å². The molecule has 148 valence electrons. The van der Waals surface area contributed by atoms with Crippen molar-refractivity contribution in [1.29, 1.82) is 0 Å². The topological polar surface area (TPSA) is 3.24 Å². The van der Waals surface area contributed by atoms with E-state index in [0.29, 0.717) is 5.92 Å². The summed E-state index contributed by atoms with van der Waals surface area (Å²) in [6.07, 6.45) is 5.67. The first kappa shape index (κ1) is 20.1. The number of halogens is 1. The predicted octanol–water partition coefficient (Wildman–Crippen LogP) is 6.77. The van der Waals surface area contributed by atoms with Crippen molar-refractivity contribution in [2.45, 2.75) is 26.2 Å². The fourth-order valence-electron chi connectivity index (χ4n) is 4.15. The highest BCUT2D eigenvalue weighted by Crippen LogP contribution is 2.32. The van der Waals surface area contributed by atoms with Gasteiger partial charge in [-0.3, -0.25) is 4.90 Å². The summed E-state index contributed by atoms with van der Waals surface area (Å²) < 4.78 is 1.14. The maximum Gasteiger partial charge on any atom is 0.0220 e. The van der Waals surface area contributed by atoms with E-state index >= 15 is 0 Å². The number of hydrogen-bond donors (Lipinski definition) is 0. The zero-order valence-electron chi connectivity index (χ0n) is 17.2. The molecule has 1 aliphatic heterocycles. The van der Waals surface area contributed by atoms with Crippen molar-refractivity contribution in [2.24, 2.45) is 0 Å². The van der Waals surface area contributed by atoms with E-state index in [-0.39, 0.29) is 0 Å². The first-order chi connectivity index (χ1) is 14.1. The second-order valence-corrected chi connectivity index (χ2v) is 9.04. The third-order valence-electron chi connectivity index (χ3n) is 5.84. The number of nitrogens with zero attached hydrogens (tertiary/aromatic N) is 1. The molecular formula is C27H28BrN. The van der Waals surface area contributed by atoms with E-state index in [9.17, 15) is 0 Å². The van der Waals surface area contributed by atoms with Gasteiger partial charge in [0.2, 0.25) is 0 Å². The summed E-state index contributed by atoms with van der Waals surface area (Å²) >= 11 is 3.58. The van der Waals surface area contributed by atoms with Crippen molar-refractivity contribution >= 4 is 22.0 Å². The molecule has 1 nitrogen and oxygen atoms in total. The smallest absolute Gasteiger partial charge is 0.0220 e. The van der Waals surface area contributed by atoms with E-state index in [1.54, 1.807) is 0 Å². The van der Waals surface area contributed by atoms with Crippen LogP contribution in [0.5, 0.6) is 0 Å². The molecule has 0 aromatic heterocycles. The normalized spacial score (nSPS) is 17.3. The molecule has 1 unspecified atom stereocenters. The van der Waals surface area contributed by atoms with Gasteiger partial charge in [0.1, 0.15) is 0 Å². The Morgan fingerprint density at radius 2 is 1.66 bits per heavy atom. The summed E-state index contributed by atoms with van der Waals surface area (Å²) in [4.78, 5) is 2.59. The van der Waals surface area contributed by atoms with Gasteiger partial charge in [-0.05, 0) is 54.7 Å². The molecule has 0 N–H and O–H groups in total. The van der Waals surface area contributed by atoms with E-state index in [1.807, 2.05) is 0 Å². The molecule has 0 radical (unpaired) electrons. The standard InChI is InChI=1S/C27H28BrN/c1-20-5-8-22(9-6-20)4-3-16-29-17-15-24-10-7-21(2)18-26(24)27(19-29)23-11-13-25(28)14-12-23/h3-14,18,27H,15-17,19H2,1-2H3/b4-3+. The van der Waals surface area contributed by atoms with Gasteiger partial charge >= 0.3 is 0 Å². The van der Waals surface area contributed by atoms with Crippen LogP contribution in [-0.2, 0) is 6.42 Å². The molecule has 1 atom stereocenters. The van der Waals surface area contributed by atoms with Crippen LogP contribution in [0, 0.1) is 13.8 Å². The average Bonchev–Trinajstić information content (AvgIpc) is 2.90. The van der Waals surface area contributed by atoms with E-state index < -0.39 is 0 Å². The molecule has 1 aliphatic rings. The van der Waals surface area contributed by atoms with Gasteiger partial charge in [0.25, 0.3) is 0 Å². The van der Waals surface area contributed by atoms with Gasteiger partial charge in [-0.15, -0.1) is 0 Å². The number of benzene rings is 3. The summed E-state index contributed by atoms with van der Waals surface area (Å²) in [6.45, 7) is 7.46. The zero-order chi connectivity index (χ0) is 20.2. The lowest BCUT2D eigenvalue weighted by Crippen LogP contribution is -2.29. The van der Waals surface area contributed by atoms with Gasteiger partial charge in [0, 0.05) is 30.0 Å². The van der Waals surface area contributed by atoms with Crippen LogP contribution in [0.3, 0.4) is 0 Å². The number of hydrogen-bond acceptors (Lipinski definition) is 1. The van der Waals surface area contributed by atoms with Crippen LogP contribution in [0.15, 0.2) is 77.3 Å². The van der Waals surface area contributed by atoms with Crippen molar-refractivity contribution in [1.82, 2.24) is 4.90 Å². The Morgan fingerprint density at radius 3 is 2.41 bits per heavy atom. The fourth-order valence-corrected chi connectivity index (χ4v) is 4.42. The highest BCUT2D eigenvalue weighted by Gasteiger charge is 2.24. The average molecular weight is 446 g/mol. The Balaban J connectivity index is 1.57. The fraction of sp³-hybridized carbons (Fsp3) is 0.259. The number of rotatable bonds is 4. The summed E-state index contributed by atoms with van der Waals surface area (Å²) in [6, 6.07) is 24.6. The first-order valence-corrected chi connectivity index (χ1v) is 11.2. The molecule has 0 fully saturated rings. The molecule has 0 saturated carbocycles. The zero-order valence-corrected chi connectivity index (χ0v) is 18.8. The Hall–Kier alpha value is -2.16. The van der Waals surface area contributed by atoms with Crippen molar-refractivity contribution in [3.8, 4) is 0 Å². The highest BCUT2D eigenvalue weighted by molar-refractivity contribution is 9.10. The third kappa shape index (κ3) is 5.07. The molecule has 0 aliphatic carbocycles. The van der Waals surface area contributed by atoms with Crippen LogP contribution < -0.4 is 0 Å². The van der Waals surface area contributed by atoms with E-state index in [0.717, 1.165) is 30.5 Å². The number of fused-ring (bicyclic) bond motifs is 1. The van der Waals surface area contributed by atoms with Gasteiger partial charge in [-0.2, -0.15) is 0 Å². The maximum absolute atomic E-state index is 3.58. The molecule has 0 bridgehead atoms. The third-order valence-corrected chi connectivity index (χ3v) is 6.37. The van der Waals surface area contributed by atoms with Crippen LogP contribution in [0.2, 0.25) is 0 Å². The van der Waals surface area contributed by atoms with Crippen molar-refractivity contribution in [3.05, 3.63) is 111 Å². The monoisotopic (exact) mass is 445 g/mol. The second-order valence-electron chi connectivity index (χ2n) is 8.13. The van der Waals surface area contributed by atoms with Gasteiger partial charge in [-0.25, -0.2) is 0 Å².